The van der Waals surface area contributed by atoms with Gasteiger partial charge < -0.3 is 4.90 Å². The molecule has 0 unspecified atom stereocenters. The second-order valence-corrected chi connectivity index (χ2v) is 6.11. The molecule has 1 aromatic heterocycles. The molecule has 0 aromatic carbocycles. The zero-order valence-electron chi connectivity index (χ0n) is 10.3. The molecule has 1 aromatic rings. The summed E-state index contributed by atoms with van der Waals surface area (Å²) in [6.45, 7) is 2.41. The first-order valence-corrected chi connectivity index (χ1v) is 7.69. The van der Waals surface area contributed by atoms with Gasteiger partial charge in [-0.15, -0.1) is 0 Å². The third-order valence-electron chi connectivity index (χ3n) is 2.87. The molecule has 0 N–H and O–H groups in total. The maximum atomic E-state index is 11.0. The maximum Gasteiger partial charge on any atom is 0.264 e. The van der Waals surface area contributed by atoms with Gasteiger partial charge in [-0.3, -0.25) is 4.18 Å². The lowest BCUT2D eigenvalue weighted by atomic mass is 10.2. The predicted octanol–water partition coefficient (Wildman–Crippen LogP) is 0.0696. The molecular formula is C11H17N3O3S. The van der Waals surface area contributed by atoms with E-state index in [0.29, 0.717) is 6.54 Å². The van der Waals surface area contributed by atoms with Crippen LogP contribution in [0, 0.1) is 0 Å². The highest BCUT2D eigenvalue weighted by Crippen LogP contribution is 2.14. The lowest BCUT2D eigenvalue weighted by molar-refractivity contribution is 0.209. The van der Waals surface area contributed by atoms with Gasteiger partial charge in [0.05, 0.1) is 12.4 Å². The minimum absolute atomic E-state index is 0.202. The van der Waals surface area contributed by atoms with E-state index < -0.39 is 10.1 Å². The van der Waals surface area contributed by atoms with Gasteiger partial charge in [0, 0.05) is 32.0 Å². The van der Waals surface area contributed by atoms with Gasteiger partial charge in [0.1, 0.15) is 6.33 Å². The number of aromatic nitrogens is 2. The Morgan fingerprint density at radius 2 is 2.17 bits per heavy atom. The molecule has 0 bridgehead atoms. The largest absolute Gasteiger partial charge is 0.300 e. The molecule has 1 fully saturated rings. The zero-order chi connectivity index (χ0) is 13.0. The highest BCUT2D eigenvalue weighted by Gasteiger charge is 2.25. The predicted molar refractivity (Wildman–Crippen MR) is 66.5 cm³/mol. The first-order valence-electron chi connectivity index (χ1n) is 5.87. The van der Waals surface area contributed by atoms with Crippen molar-refractivity contribution in [3.8, 4) is 0 Å². The second kappa shape index (κ2) is 5.73. The highest BCUT2D eigenvalue weighted by molar-refractivity contribution is 7.86. The fourth-order valence-electron chi connectivity index (χ4n) is 2.07. The Morgan fingerprint density at radius 3 is 2.83 bits per heavy atom. The number of hydrogen-bond acceptors (Lipinski definition) is 6. The molecule has 0 aliphatic carbocycles. The standard InChI is InChI=1S/C11H17N3O3S/c1-18(15,16)17-11-3-5-14(8-11)4-2-10-6-12-9-13-7-10/h6-7,9,11H,2-5,8H2,1H3/t11-/m0/s1. The topological polar surface area (TPSA) is 72.4 Å². The summed E-state index contributed by atoms with van der Waals surface area (Å²) < 4.78 is 27.0. The summed E-state index contributed by atoms with van der Waals surface area (Å²) in [6, 6.07) is 0. The number of likely N-dealkylation sites (tertiary alicyclic amines) is 1. The van der Waals surface area contributed by atoms with Gasteiger partial charge in [-0.25, -0.2) is 9.97 Å². The molecular weight excluding hydrogens is 254 g/mol. The van der Waals surface area contributed by atoms with E-state index in [1.165, 1.54) is 6.33 Å². The Morgan fingerprint density at radius 1 is 1.44 bits per heavy atom. The van der Waals surface area contributed by atoms with Gasteiger partial charge >= 0.3 is 0 Å². The molecule has 0 amide bonds. The van der Waals surface area contributed by atoms with E-state index in [9.17, 15) is 8.42 Å². The third kappa shape index (κ3) is 4.32. The molecule has 0 radical (unpaired) electrons. The summed E-state index contributed by atoms with van der Waals surface area (Å²) >= 11 is 0. The monoisotopic (exact) mass is 271 g/mol. The number of nitrogens with zero attached hydrogens (tertiary/aromatic N) is 3. The average Bonchev–Trinajstić information content (AvgIpc) is 2.73. The van der Waals surface area contributed by atoms with Crippen molar-refractivity contribution in [2.75, 3.05) is 25.9 Å². The van der Waals surface area contributed by atoms with Crippen LogP contribution >= 0.6 is 0 Å². The quantitative estimate of drug-likeness (QED) is 0.706. The summed E-state index contributed by atoms with van der Waals surface area (Å²) in [5.74, 6) is 0. The molecule has 6 nitrogen and oxygen atoms in total. The van der Waals surface area contributed by atoms with Crippen molar-refractivity contribution in [3.63, 3.8) is 0 Å². The lowest BCUT2D eigenvalue weighted by Gasteiger charge is -2.15. The molecule has 2 heterocycles. The summed E-state index contributed by atoms with van der Waals surface area (Å²) in [6.07, 6.45) is 7.63. The van der Waals surface area contributed by atoms with Crippen molar-refractivity contribution in [2.24, 2.45) is 0 Å². The fraction of sp³-hybridized carbons (Fsp3) is 0.636. The summed E-state index contributed by atoms with van der Waals surface area (Å²) in [4.78, 5) is 10.1. The Labute approximate surface area is 107 Å². The Balaban J connectivity index is 1.76. The number of rotatable bonds is 5. The van der Waals surface area contributed by atoms with Crippen LogP contribution in [-0.2, 0) is 20.7 Å². The van der Waals surface area contributed by atoms with E-state index in [0.717, 1.165) is 37.8 Å². The second-order valence-electron chi connectivity index (χ2n) is 4.51. The SMILES string of the molecule is CS(=O)(=O)O[C@H]1CCN(CCc2cncnc2)C1. The number of hydrogen-bond donors (Lipinski definition) is 0. The van der Waals surface area contributed by atoms with Crippen LogP contribution in [0.15, 0.2) is 18.7 Å². The van der Waals surface area contributed by atoms with Gasteiger partial charge in [0.25, 0.3) is 10.1 Å². The van der Waals surface area contributed by atoms with E-state index in [-0.39, 0.29) is 6.10 Å². The van der Waals surface area contributed by atoms with Crippen LogP contribution < -0.4 is 0 Å². The zero-order valence-corrected chi connectivity index (χ0v) is 11.1. The van der Waals surface area contributed by atoms with E-state index in [2.05, 4.69) is 14.9 Å². The molecule has 18 heavy (non-hydrogen) atoms. The Hall–Kier alpha value is -1.05. The van der Waals surface area contributed by atoms with Crippen LogP contribution in [0.3, 0.4) is 0 Å². The maximum absolute atomic E-state index is 11.0. The van der Waals surface area contributed by atoms with Crippen molar-refractivity contribution in [2.45, 2.75) is 18.9 Å². The van der Waals surface area contributed by atoms with Gasteiger partial charge in [-0.05, 0) is 18.4 Å². The van der Waals surface area contributed by atoms with Gasteiger partial charge in [0.2, 0.25) is 0 Å². The first kappa shape index (κ1) is 13.4. The Kier molecular flexibility index (Phi) is 4.26. The lowest BCUT2D eigenvalue weighted by Crippen LogP contribution is -2.26. The van der Waals surface area contributed by atoms with E-state index in [1.54, 1.807) is 12.4 Å². The molecule has 7 heteroatoms. The highest BCUT2D eigenvalue weighted by atomic mass is 32.2. The molecule has 1 atom stereocenters. The van der Waals surface area contributed by atoms with E-state index in [4.69, 9.17) is 4.18 Å². The molecule has 100 valence electrons. The molecule has 1 aliphatic rings. The van der Waals surface area contributed by atoms with Crippen molar-refractivity contribution < 1.29 is 12.6 Å². The van der Waals surface area contributed by atoms with Crippen LogP contribution in [0.5, 0.6) is 0 Å². The molecule has 1 saturated heterocycles. The van der Waals surface area contributed by atoms with Crippen LogP contribution in [0.2, 0.25) is 0 Å². The first-order chi connectivity index (χ1) is 8.53. The van der Waals surface area contributed by atoms with Crippen molar-refractivity contribution in [1.29, 1.82) is 0 Å². The van der Waals surface area contributed by atoms with Crippen LogP contribution in [-0.4, -0.2) is 55.3 Å². The molecule has 2 rings (SSSR count). The van der Waals surface area contributed by atoms with Crippen molar-refractivity contribution in [1.82, 2.24) is 14.9 Å². The molecule has 0 saturated carbocycles. The van der Waals surface area contributed by atoms with Crippen molar-refractivity contribution >= 4 is 10.1 Å². The smallest absolute Gasteiger partial charge is 0.264 e. The molecule has 1 aliphatic heterocycles. The van der Waals surface area contributed by atoms with Gasteiger partial charge in [0.15, 0.2) is 0 Å². The third-order valence-corrected chi connectivity index (χ3v) is 3.49. The Bertz CT molecular complexity index is 478. The van der Waals surface area contributed by atoms with Crippen LogP contribution in [0.25, 0.3) is 0 Å². The van der Waals surface area contributed by atoms with Gasteiger partial charge in [-0.2, -0.15) is 8.42 Å². The summed E-state index contributed by atoms with van der Waals surface area (Å²) in [5, 5.41) is 0. The van der Waals surface area contributed by atoms with Gasteiger partial charge in [-0.1, -0.05) is 0 Å². The summed E-state index contributed by atoms with van der Waals surface area (Å²) in [7, 11) is -3.34. The van der Waals surface area contributed by atoms with E-state index in [1.807, 2.05) is 0 Å². The summed E-state index contributed by atoms with van der Waals surface area (Å²) in [5.41, 5.74) is 1.09. The van der Waals surface area contributed by atoms with Crippen LogP contribution in [0.4, 0.5) is 0 Å². The molecule has 0 spiro atoms. The minimum atomic E-state index is -3.34. The normalized spacial score (nSPS) is 21.3. The minimum Gasteiger partial charge on any atom is -0.300 e. The van der Waals surface area contributed by atoms with E-state index >= 15 is 0 Å². The van der Waals surface area contributed by atoms with Crippen LogP contribution in [0.1, 0.15) is 12.0 Å². The van der Waals surface area contributed by atoms with Crippen molar-refractivity contribution in [3.05, 3.63) is 24.3 Å². The average molecular weight is 271 g/mol. The fourth-order valence-corrected chi connectivity index (χ4v) is 2.72.